The average molecular weight is 343 g/mol. The summed E-state index contributed by atoms with van der Waals surface area (Å²) in [6, 6.07) is 6.45. The smallest absolute Gasteiger partial charge is 0.228 e. The number of nitrogens with one attached hydrogen (secondary N) is 2. The number of piperidine rings is 1. The lowest BCUT2D eigenvalue weighted by molar-refractivity contribution is -0.118. The molecular formula is C20H29N3O2. The number of nitrogens with zero attached hydrogens (tertiary/aromatic N) is 1. The van der Waals surface area contributed by atoms with Gasteiger partial charge in [-0.15, -0.1) is 0 Å². The van der Waals surface area contributed by atoms with Crippen LogP contribution < -0.4 is 10.6 Å². The fraction of sp³-hybridized carbons (Fsp3) is 0.650. The van der Waals surface area contributed by atoms with Crippen molar-refractivity contribution in [2.45, 2.75) is 32.7 Å². The molecule has 1 unspecified atom stereocenters. The molecule has 0 aromatic heterocycles. The SMILES string of the molecule is Cc1ccc(CN2CCOCC2)cc1NC(=O)C1CC12CCNCC2. The lowest BCUT2D eigenvalue weighted by Crippen LogP contribution is -2.35. The van der Waals surface area contributed by atoms with Crippen molar-refractivity contribution in [3.05, 3.63) is 29.3 Å². The zero-order valence-electron chi connectivity index (χ0n) is 15.1. The lowest BCUT2D eigenvalue weighted by Gasteiger charge is -2.27. The summed E-state index contributed by atoms with van der Waals surface area (Å²) in [5.74, 6) is 0.422. The topological polar surface area (TPSA) is 53.6 Å². The van der Waals surface area contributed by atoms with E-state index in [0.29, 0.717) is 0 Å². The molecule has 5 heteroatoms. The average Bonchev–Trinajstić information content (AvgIpc) is 3.32. The van der Waals surface area contributed by atoms with Gasteiger partial charge in [0.2, 0.25) is 5.91 Å². The Labute approximate surface area is 150 Å². The minimum Gasteiger partial charge on any atom is -0.379 e. The van der Waals surface area contributed by atoms with Crippen LogP contribution in [-0.4, -0.2) is 50.2 Å². The van der Waals surface area contributed by atoms with Gasteiger partial charge in [0, 0.05) is 31.2 Å². The summed E-state index contributed by atoms with van der Waals surface area (Å²) >= 11 is 0. The Balaban J connectivity index is 1.39. The van der Waals surface area contributed by atoms with E-state index in [1.54, 1.807) is 0 Å². The first-order valence-electron chi connectivity index (χ1n) is 9.58. The van der Waals surface area contributed by atoms with Crippen molar-refractivity contribution in [3.63, 3.8) is 0 Å². The Kier molecular flexibility index (Phi) is 4.80. The molecule has 1 saturated carbocycles. The molecule has 4 rings (SSSR count). The van der Waals surface area contributed by atoms with Crippen LogP contribution in [0.3, 0.4) is 0 Å². The van der Waals surface area contributed by atoms with Gasteiger partial charge in [0.05, 0.1) is 13.2 Å². The zero-order chi connectivity index (χ0) is 17.3. The molecular weight excluding hydrogens is 314 g/mol. The first-order chi connectivity index (χ1) is 12.2. The summed E-state index contributed by atoms with van der Waals surface area (Å²) < 4.78 is 5.42. The fourth-order valence-corrected chi connectivity index (χ4v) is 4.34. The van der Waals surface area contributed by atoms with E-state index < -0.39 is 0 Å². The second-order valence-corrected chi connectivity index (χ2v) is 7.90. The van der Waals surface area contributed by atoms with Gasteiger partial charge >= 0.3 is 0 Å². The van der Waals surface area contributed by atoms with Gasteiger partial charge in [0.1, 0.15) is 0 Å². The normalized spacial score (nSPS) is 25.7. The first-order valence-corrected chi connectivity index (χ1v) is 9.58. The molecule has 136 valence electrons. The van der Waals surface area contributed by atoms with E-state index in [9.17, 15) is 4.79 Å². The number of rotatable bonds is 4. The molecule has 1 amide bonds. The fourth-order valence-electron chi connectivity index (χ4n) is 4.34. The van der Waals surface area contributed by atoms with Crippen LogP contribution in [0.15, 0.2) is 18.2 Å². The zero-order valence-corrected chi connectivity index (χ0v) is 15.1. The molecule has 2 saturated heterocycles. The summed E-state index contributed by atoms with van der Waals surface area (Å²) in [7, 11) is 0. The highest BCUT2D eigenvalue weighted by Gasteiger charge is 2.57. The molecule has 0 bridgehead atoms. The number of hydrogen-bond acceptors (Lipinski definition) is 4. The third-order valence-corrected chi connectivity index (χ3v) is 6.18. The summed E-state index contributed by atoms with van der Waals surface area (Å²) in [5, 5.41) is 6.62. The maximum atomic E-state index is 12.7. The van der Waals surface area contributed by atoms with E-state index in [4.69, 9.17) is 4.74 Å². The molecule has 0 radical (unpaired) electrons. The maximum absolute atomic E-state index is 12.7. The number of carbonyl (C=O) groups excluding carboxylic acids is 1. The number of amides is 1. The molecule has 5 nitrogen and oxygen atoms in total. The molecule has 1 aliphatic carbocycles. The number of benzene rings is 1. The molecule has 3 fully saturated rings. The van der Waals surface area contributed by atoms with Crippen molar-refractivity contribution in [1.82, 2.24) is 10.2 Å². The van der Waals surface area contributed by atoms with E-state index >= 15 is 0 Å². The predicted octanol–water partition coefficient (Wildman–Crippen LogP) is 2.16. The van der Waals surface area contributed by atoms with Gasteiger partial charge in [0.15, 0.2) is 0 Å². The van der Waals surface area contributed by atoms with Crippen molar-refractivity contribution in [3.8, 4) is 0 Å². The number of carbonyl (C=O) groups is 1. The number of aryl methyl sites for hydroxylation is 1. The predicted molar refractivity (Wildman–Crippen MR) is 98.5 cm³/mol. The van der Waals surface area contributed by atoms with E-state index in [-0.39, 0.29) is 17.2 Å². The van der Waals surface area contributed by atoms with Gasteiger partial charge in [-0.2, -0.15) is 0 Å². The van der Waals surface area contributed by atoms with E-state index in [1.807, 2.05) is 0 Å². The van der Waals surface area contributed by atoms with Crippen LogP contribution >= 0.6 is 0 Å². The van der Waals surface area contributed by atoms with Crippen LogP contribution in [0.1, 0.15) is 30.4 Å². The van der Waals surface area contributed by atoms with Gasteiger partial charge < -0.3 is 15.4 Å². The number of hydrogen-bond donors (Lipinski definition) is 2. The molecule has 1 aromatic carbocycles. The standard InChI is InChI=1S/C20H29N3O2/c1-15-2-3-16(14-23-8-10-25-11-9-23)12-18(15)22-19(24)17-13-20(17)4-6-21-7-5-20/h2-3,12,17,21H,4-11,13-14H2,1H3,(H,22,24). The summed E-state index contributed by atoms with van der Waals surface area (Å²) in [6.07, 6.45) is 3.34. The van der Waals surface area contributed by atoms with Crippen molar-refractivity contribution < 1.29 is 9.53 Å². The van der Waals surface area contributed by atoms with E-state index in [2.05, 4.69) is 40.7 Å². The highest BCUT2D eigenvalue weighted by Crippen LogP contribution is 2.58. The molecule has 1 spiro atoms. The summed E-state index contributed by atoms with van der Waals surface area (Å²) in [5.41, 5.74) is 3.66. The maximum Gasteiger partial charge on any atom is 0.228 e. The Bertz CT molecular complexity index is 634. The van der Waals surface area contributed by atoms with Crippen molar-refractivity contribution in [1.29, 1.82) is 0 Å². The second-order valence-electron chi connectivity index (χ2n) is 7.90. The van der Waals surface area contributed by atoms with Gasteiger partial charge in [0.25, 0.3) is 0 Å². The first kappa shape index (κ1) is 17.0. The lowest BCUT2D eigenvalue weighted by atomic mass is 9.91. The van der Waals surface area contributed by atoms with Crippen LogP contribution in [0.2, 0.25) is 0 Å². The molecule has 3 aliphatic rings. The van der Waals surface area contributed by atoms with E-state index in [1.165, 1.54) is 5.56 Å². The van der Waals surface area contributed by atoms with Crippen LogP contribution in [0.25, 0.3) is 0 Å². The highest BCUT2D eigenvalue weighted by atomic mass is 16.5. The molecule has 1 atom stereocenters. The van der Waals surface area contributed by atoms with Gasteiger partial charge in [-0.1, -0.05) is 12.1 Å². The highest BCUT2D eigenvalue weighted by molar-refractivity contribution is 5.95. The van der Waals surface area contributed by atoms with Crippen LogP contribution in [0.5, 0.6) is 0 Å². The van der Waals surface area contributed by atoms with E-state index in [0.717, 1.165) is 76.5 Å². The van der Waals surface area contributed by atoms with Gasteiger partial charge in [-0.25, -0.2) is 0 Å². The summed E-state index contributed by atoms with van der Waals surface area (Å²) in [6.45, 7) is 8.69. The van der Waals surface area contributed by atoms with Crippen LogP contribution in [-0.2, 0) is 16.1 Å². The Morgan fingerprint density at radius 3 is 2.84 bits per heavy atom. The molecule has 2 aliphatic heterocycles. The Morgan fingerprint density at radius 2 is 2.08 bits per heavy atom. The van der Waals surface area contributed by atoms with Crippen molar-refractivity contribution >= 4 is 11.6 Å². The second kappa shape index (κ2) is 7.06. The number of anilines is 1. The van der Waals surface area contributed by atoms with Gasteiger partial charge in [-0.3, -0.25) is 9.69 Å². The van der Waals surface area contributed by atoms with Crippen LogP contribution in [0.4, 0.5) is 5.69 Å². The number of ether oxygens (including phenoxy) is 1. The minimum absolute atomic E-state index is 0.205. The van der Waals surface area contributed by atoms with Crippen molar-refractivity contribution in [2.75, 3.05) is 44.7 Å². The van der Waals surface area contributed by atoms with Crippen molar-refractivity contribution in [2.24, 2.45) is 11.3 Å². The molecule has 25 heavy (non-hydrogen) atoms. The molecule has 2 heterocycles. The van der Waals surface area contributed by atoms with Crippen LogP contribution in [0, 0.1) is 18.3 Å². The third kappa shape index (κ3) is 3.73. The largest absolute Gasteiger partial charge is 0.379 e. The molecule has 1 aromatic rings. The Hall–Kier alpha value is -1.43. The quantitative estimate of drug-likeness (QED) is 0.880. The number of morpholine rings is 1. The third-order valence-electron chi connectivity index (χ3n) is 6.18. The summed E-state index contributed by atoms with van der Waals surface area (Å²) in [4.78, 5) is 15.2. The minimum atomic E-state index is 0.205. The monoisotopic (exact) mass is 343 g/mol. The molecule has 2 N–H and O–H groups in total. The van der Waals surface area contributed by atoms with Gasteiger partial charge in [-0.05, 0) is 61.9 Å². The Morgan fingerprint density at radius 1 is 1.32 bits per heavy atom.